The summed E-state index contributed by atoms with van der Waals surface area (Å²) < 4.78 is 11.4. The first-order chi connectivity index (χ1) is 13.0. The van der Waals surface area contributed by atoms with E-state index in [1.54, 1.807) is 18.4 Å². The minimum Gasteiger partial charge on any atom is -0.350 e. The minimum atomic E-state index is -0.938. The molecule has 2 aromatic carbocycles. The third-order valence-electron chi connectivity index (χ3n) is 4.53. The van der Waals surface area contributed by atoms with Crippen molar-refractivity contribution in [1.29, 1.82) is 0 Å². The van der Waals surface area contributed by atoms with Crippen LogP contribution < -0.4 is 5.32 Å². The standard InChI is InChI=1S/C21H27ClN2O2S/c1-4-24(5-2)20(18-11-6-7-12-19(18)22)14-23-21(25)17-10-8-9-16(13-17)15-27(3)26/h6-13,20H,4-5,14-15H2,1-3H3,(H,23,25). The molecule has 0 saturated carbocycles. The molecule has 0 saturated heterocycles. The Bertz CT molecular complexity index is 793. The van der Waals surface area contributed by atoms with E-state index < -0.39 is 10.8 Å². The molecule has 0 heterocycles. The van der Waals surface area contributed by atoms with Crippen molar-refractivity contribution in [2.45, 2.75) is 25.6 Å². The van der Waals surface area contributed by atoms with Gasteiger partial charge in [0, 0.05) is 39.9 Å². The first-order valence-electron chi connectivity index (χ1n) is 9.11. The molecule has 0 spiro atoms. The van der Waals surface area contributed by atoms with Crippen LogP contribution in [-0.2, 0) is 16.6 Å². The monoisotopic (exact) mass is 406 g/mol. The largest absolute Gasteiger partial charge is 0.350 e. The number of rotatable bonds is 9. The van der Waals surface area contributed by atoms with Crippen molar-refractivity contribution in [1.82, 2.24) is 10.2 Å². The number of hydrogen-bond acceptors (Lipinski definition) is 3. The number of nitrogens with zero attached hydrogens (tertiary/aromatic N) is 1. The topological polar surface area (TPSA) is 49.4 Å². The summed E-state index contributed by atoms with van der Waals surface area (Å²) in [4.78, 5) is 14.9. The summed E-state index contributed by atoms with van der Waals surface area (Å²) in [5.74, 6) is 0.311. The Labute approximate surface area is 169 Å². The fourth-order valence-corrected chi connectivity index (χ4v) is 4.08. The first-order valence-corrected chi connectivity index (χ1v) is 11.2. The van der Waals surface area contributed by atoms with E-state index in [1.807, 2.05) is 36.4 Å². The molecule has 0 fully saturated rings. The SMILES string of the molecule is CCN(CC)C(CNC(=O)c1cccc(CS(C)=O)c1)c1ccccc1Cl. The van der Waals surface area contributed by atoms with E-state index in [-0.39, 0.29) is 11.9 Å². The van der Waals surface area contributed by atoms with Crippen LogP contribution >= 0.6 is 11.6 Å². The van der Waals surface area contributed by atoms with Crippen LogP contribution in [0.5, 0.6) is 0 Å². The molecule has 146 valence electrons. The maximum atomic E-state index is 12.7. The van der Waals surface area contributed by atoms with Crippen molar-refractivity contribution in [3.05, 3.63) is 70.2 Å². The molecule has 4 nitrogen and oxygen atoms in total. The fourth-order valence-electron chi connectivity index (χ4n) is 3.17. The lowest BCUT2D eigenvalue weighted by Crippen LogP contribution is -2.38. The van der Waals surface area contributed by atoms with Gasteiger partial charge in [0.1, 0.15) is 0 Å². The number of hydrogen-bond donors (Lipinski definition) is 1. The highest BCUT2D eigenvalue weighted by Crippen LogP contribution is 2.27. The second-order valence-corrected chi connectivity index (χ2v) is 8.23. The van der Waals surface area contributed by atoms with Crippen molar-refractivity contribution in [2.75, 3.05) is 25.9 Å². The van der Waals surface area contributed by atoms with Crippen LogP contribution in [0.15, 0.2) is 48.5 Å². The van der Waals surface area contributed by atoms with Crippen LogP contribution in [0.25, 0.3) is 0 Å². The zero-order valence-corrected chi connectivity index (χ0v) is 17.6. The average Bonchev–Trinajstić information content (AvgIpc) is 2.65. The van der Waals surface area contributed by atoms with Gasteiger partial charge in [0.2, 0.25) is 0 Å². The molecule has 27 heavy (non-hydrogen) atoms. The molecule has 0 aliphatic heterocycles. The Morgan fingerprint density at radius 2 is 1.85 bits per heavy atom. The van der Waals surface area contributed by atoms with E-state index in [0.717, 1.165) is 24.2 Å². The van der Waals surface area contributed by atoms with Gasteiger partial charge in [-0.3, -0.25) is 13.9 Å². The Hall–Kier alpha value is -1.69. The van der Waals surface area contributed by atoms with E-state index in [1.165, 1.54) is 0 Å². The summed E-state index contributed by atoms with van der Waals surface area (Å²) in [6.45, 7) is 6.39. The molecule has 0 radical (unpaired) electrons. The molecule has 1 N–H and O–H groups in total. The van der Waals surface area contributed by atoms with Gasteiger partial charge in [0.05, 0.1) is 6.04 Å². The zero-order valence-electron chi connectivity index (χ0n) is 16.1. The highest BCUT2D eigenvalue weighted by Gasteiger charge is 2.21. The Kier molecular flexibility index (Phi) is 8.48. The molecule has 6 heteroatoms. The quantitative estimate of drug-likeness (QED) is 0.683. The van der Waals surface area contributed by atoms with Crippen molar-refractivity contribution in [3.63, 3.8) is 0 Å². The number of benzene rings is 2. The average molecular weight is 407 g/mol. The maximum Gasteiger partial charge on any atom is 0.251 e. The van der Waals surface area contributed by atoms with Crippen LogP contribution in [0.2, 0.25) is 5.02 Å². The summed E-state index contributed by atoms with van der Waals surface area (Å²) in [5.41, 5.74) is 2.49. The maximum absolute atomic E-state index is 12.7. The van der Waals surface area contributed by atoms with E-state index >= 15 is 0 Å². The van der Waals surface area contributed by atoms with Gasteiger partial charge in [-0.25, -0.2) is 0 Å². The van der Waals surface area contributed by atoms with Crippen LogP contribution in [0, 0.1) is 0 Å². The molecular formula is C21H27ClN2O2S. The summed E-state index contributed by atoms with van der Waals surface area (Å²) in [5, 5.41) is 3.74. The number of nitrogens with one attached hydrogen (secondary N) is 1. The van der Waals surface area contributed by atoms with Gasteiger partial charge in [-0.05, 0) is 42.4 Å². The number of halogens is 1. The molecular weight excluding hydrogens is 380 g/mol. The summed E-state index contributed by atoms with van der Waals surface area (Å²) >= 11 is 6.41. The van der Waals surface area contributed by atoms with E-state index in [4.69, 9.17) is 11.6 Å². The summed E-state index contributed by atoms with van der Waals surface area (Å²) in [6, 6.07) is 15.1. The van der Waals surface area contributed by atoms with Crippen LogP contribution in [0.4, 0.5) is 0 Å². The van der Waals surface area contributed by atoms with Gasteiger partial charge in [-0.2, -0.15) is 0 Å². The van der Waals surface area contributed by atoms with Crippen LogP contribution in [0.3, 0.4) is 0 Å². The third-order valence-corrected chi connectivity index (χ3v) is 5.62. The first kappa shape index (κ1) is 21.6. The molecule has 2 aromatic rings. The van der Waals surface area contributed by atoms with Gasteiger partial charge < -0.3 is 5.32 Å². The predicted molar refractivity (Wildman–Crippen MR) is 114 cm³/mol. The number of amides is 1. The lowest BCUT2D eigenvalue weighted by molar-refractivity contribution is 0.0935. The van der Waals surface area contributed by atoms with E-state index in [9.17, 15) is 9.00 Å². The summed E-state index contributed by atoms with van der Waals surface area (Å²) in [7, 11) is -0.938. The van der Waals surface area contributed by atoms with Crippen molar-refractivity contribution >= 4 is 28.3 Å². The Morgan fingerprint density at radius 3 is 2.48 bits per heavy atom. The normalized spacial score (nSPS) is 13.4. The Morgan fingerprint density at radius 1 is 1.15 bits per heavy atom. The number of likely N-dealkylation sites (N-methyl/N-ethyl adjacent to an activating group) is 1. The van der Waals surface area contributed by atoms with E-state index in [2.05, 4.69) is 24.1 Å². The second-order valence-electron chi connectivity index (χ2n) is 6.39. The lowest BCUT2D eigenvalue weighted by Gasteiger charge is -2.31. The number of carbonyl (C=O) groups excluding carboxylic acids is 1. The fraction of sp³-hybridized carbons (Fsp3) is 0.381. The van der Waals surface area contributed by atoms with Crippen LogP contribution in [-0.4, -0.2) is 40.9 Å². The molecule has 2 unspecified atom stereocenters. The van der Waals surface area contributed by atoms with Crippen LogP contribution in [0.1, 0.15) is 41.4 Å². The smallest absolute Gasteiger partial charge is 0.251 e. The molecule has 0 aromatic heterocycles. The van der Waals surface area contributed by atoms with Gasteiger partial charge >= 0.3 is 0 Å². The molecule has 2 rings (SSSR count). The molecule has 2 atom stereocenters. The van der Waals surface area contributed by atoms with Crippen molar-refractivity contribution in [3.8, 4) is 0 Å². The Balaban J connectivity index is 2.16. The highest BCUT2D eigenvalue weighted by molar-refractivity contribution is 7.83. The third kappa shape index (κ3) is 6.16. The molecule has 1 amide bonds. The molecule has 0 aliphatic rings. The summed E-state index contributed by atoms with van der Waals surface area (Å²) in [6.07, 6.45) is 1.66. The zero-order chi connectivity index (χ0) is 19.8. The van der Waals surface area contributed by atoms with Gasteiger partial charge in [0.25, 0.3) is 5.91 Å². The number of carbonyl (C=O) groups is 1. The molecule has 0 bridgehead atoms. The van der Waals surface area contributed by atoms with Gasteiger partial charge in [-0.1, -0.05) is 55.8 Å². The lowest BCUT2D eigenvalue weighted by atomic mass is 10.0. The van der Waals surface area contributed by atoms with E-state index in [0.29, 0.717) is 22.9 Å². The van der Waals surface area contributed by atoms with Gasteiger partial charge in [0.15, 0.2) is 0 Å². The second kappa shape index (κ2) is 10.6. The van der Waals surface area contributed by atoms with Crippen molar-refractivity contribution in [2.24, 2.45) is 0 Å². The highest BCUT2D eigenvalue weighted by atomic mass is 35.5. The predicted octanol–water partition coefficient (Wildman–Crippen LogP) is 4.03. The molecule has 0 aliphatic carbocycles. The minimum absolute atomic E-state index is 0.00368. The van der Waals surface area contributed by atoms with Crippen molar-refractivity contribution < 1.29 is 9.00 Å². The van der Waals surface area contributed by atoms with Gasteiger partial charge in [-0.15, -0.1) is 0 Å².